The Labute approximate surface area is 207 Å². The van der Waals surface area contributed by atoms with Gasteiger partial charge in [0.1, 0.15) is 0 Å². The van der Waals surface area contributed by atoms with Crippen LogP contribution in [0.2, 0.25) is 0 Å². The van der Waals surface area contributed by atoms with E-state index in [4.69, 9.17) is 4.74 Å². The van der Waals surface area contributed by atoms with Crippen LogP contribution in [0, 0.1) is 34.5 Å². The van der Waals surface area contributed by atoms with E-state index in [1.165, 1.54) is 44.9 Å². The predicted molar refractivity (Wildman–Crippen MR) is 138 cm³/mol. The van der Waals surface area contributed by atoms with E-state index in [1.54, 1.807) is 11.1 Å². The van der Waals surface area contributed by atoms with Gasteiger partial charge in [-0.2, -0.15) is 0 Å². The van der Waals surface area contributed by atoms with Gasteiger partial charge < -0.3 is 15.4 Å². The molecule has 190 valence electrons. The van der Waals surface area contributed by atoms with Crippen LogP contribution in [-0.4, -0.2) is 36.7 Å². The highest BCUT2D eigenvalue weighted by Gasteiger charge is 2.61. The quantitative estimate of drug-likeness (QED) is 0.443. The third-order valence-electron chi connectivity index (χ3n) is 11.4. The molecule has 2 N–H and O–H groups in total. The summed E-state index contributed by atoms with van der Waals surface area (Å²) < 4.78 is 6.98. The zero-order valence-electron chi connectivity index (χ0n) is 22.5. The first-order valence-corrected chi connectivity index (χ1v) is 14.3. The van der Waals surface area contributed by atoms with Crippen molar-refractivity contribution in [1.82, 2.24) is 10.6 Å². The van der Waals surface area contributed by atoms with Crippen LogP contribution in [0.15, 0.2) is 23.3 Å². The molecule has 2 saturated heterocycles. The lowest BCUT2D eigenvalue weighted by molar-refractivity contribution is -0.116. The van der Waals surface area contributed by atoms with Gasteiger partial charge in [-0.05, 0) is 99.5 Å². The second kappa shape index (κ2) is 8.76. The molecule has 1 spiro atoms. The van der Waals surface area contributed by atoms with Crippen LogP contribution in [0.4, 0.5) is 0 Å². The van der Waals surface area contributed by atoms with Gasteiger partial charge in [0.15, 0.2) is 0 Å². The molecule has 2 saturated carbocycles. The van der Waals surface area contributed by atoms with Gasteiger partial charge in [0, 0.05) is 18.5 Å². The molecule has 34 heavy (non-hydrogen) atoms. The van der Waals surface area contributed by atoms with Gasteiger partial charge in [0.25, 0.3) is 0 Å². The monoisotopic (exact) mass is 468 g/mol. The largest absolute Gasteiger partial charge is 0.369 e. The molecule has 4 nitrogen and oxygen atoms in total. The van der Waals surface area contributed by atoms with Gasteiger partial charge in [-0.25, -0.2) is 0 Å². The Morgan fingerprint density at radius 3 is 2.65 bits per heavy atom. The molecule has 3 aliphatic carbocycles. The molecule has 4 heteroatoms. The maximum Gasteiger partial charge on any atom is 0.243 e. The van der Waals surface area contributed by atoms with E-state index < -0.39 is 0 Å². The Morgan fingerprint density at radius 2 is 1.88 bits per heavy atom. The molecule has 0 bridgehead atoms. The van der Waals surface area contributed by atoms with E-state index in [0.29, 0.717) is 29.9 Å². The van der Waals surface area contributed by atoms with Crippen molar-refractivity contribution in [3.8, 4) is 0 Å². The highest BCUT2D eigenvalue weighted by Crippen LogP contribution is 2.67. The van der Waals surface area contributed by atoms with Crippen molar-refractivity contribution in [2.24, 2.45) is 34.5 Å². The smallest absolute Gasteiger partial charge is 0.243 e. The van der Waals surface area contributed by atoms with Crippen LogP contribution >= 0.6 is 0 Å². The minimum absolute atomic E-state index is 0.0201. The zero-order valence-corrected chi connectivity index (χ0v) is 22.5. The summed E-state index contributed by atoms with van der Waals surface area (Å²) in [6, 6.07) is 0.538. The highest BCUT2D eigenvalue weighted by atomic mass is 16.5. The number of allylic oxidation sites excluding steroid dienone is 2. The Bertz CT molecular complexity index is 879. The fourth-order valence-corrected chi connectivity index (χ4v) is 9.40. The fourth-order valence-electron chi connectivity index (χ4n) is 9.40. The van der Waals surface area contributed by atoms with E-state index in [9.17, 15) is 4.79 Å². The summed E-state index contributed by atoms with van der Waals surface area (Å²) in [5.41, 5.74) is 3.80. The molecule has 0 aromatic carbocycles. The molecule has 4 fully saturated rings. The lowest BCUT2D eigenvalue weighted by Gasteiger charge is -2.50. The van der Waals surface area contributed by atoms with Crippen LogP contribution < -0.4 is 10.6 Å². The Morgan fingerprint density at radius 1 is 1.09 bits per heavy atom. The molecular formula is C30H48N2O2. The molecule has 3 aliphatic heterocycles. The van der Waals surface area contributed by atoms with Crippen molar-refractivity contribution in [2.75, 3.05) is 13.1 Å². The maximum absolute atomic E-state index is 12.1. The van der Waals surface area contributed by atoms with Crippen LogP contribution in [-0.2, 0) is 9.53 Å². The first-order chi connectivity index (χ1) is 16.3. The molecule has 3 heterocycles. The Hall–Kier alpha value is -1.13. The van der Waals surface area contributed by atoms with E-state index >= 15 is 0 Å². The average molecular weight is 469 g/mol. The number of carbonyl (C=O) groups is 1. The van der Waals surface area contributed by atoms with Crippen molar-refractivity contribution < 1.29 is 9.53 Å². The lowest BCUT2D eigenvalue weighted by Crippen LogP contribution is -2.47. The van der Waals surface area contributed by atoms with Crippen LogP contribution in [0.5, 0.6) is 0 Å². The van der Waals surface area contributed by atoms with E-state index in [-0.39, 0.29) is 22.3 Å². The summed E-state index contributed by atoms with van der Waals surface area (Å²) >= 11 is 0. The summed E-state index contributed by atoms with van der Waals surface area (Å²) in [6.45, 7) is 15.9. The number of amides is 1. The minimum atomic E-state index is 0.0201. The van der Waals surface area contributed by atoms with Crippen molar-refractivity contribution >= 4 is 5.91 Å². The summed E-state index contributed by atoms with van der Waals surface area (Å²) in [4.78, 5) is 12.1. The fraction of sp³-hybridized carbons (Fsp3) is 0.833. The standard InChI is InChI=1S/C28H42N2O2.C2H6/c1-17-15-28(18(2)25-23(32-28)6-5-13-29-25)12-11-27(4)20-8-7-19-16-30-24(31)9-10-26(19,3)22(20)14-21(17)27;1-2/h9-10,18-20,22-23,25,29H,5-8,11-16H2,1-4H3,(H,30,31);1-2H3/t18?,19-,20?,22?,23?,25?,26?,27?,28?;/m0./s1. The molecule has 1 amide bonds. The second-order valence-electron chi connectivity index (χ2n) is 12.6. The number of nitrogens with one attached hydrogen (secondary N) is 2. The number of hydrogen-bond donors (Lipinski definition) is 2. The first kappa shape index (κ1) is 24.6. The van der Waals surface area contributed by atoms with Gasteiger partial charge in [-0.15, -0.1) is 0 Å². The number of ether oxygens (including phenoxy) is 1. The Kier molecular flexibility index (Phi) is 6.33. The minimum Gasteiger partial charge on any atom is -0.369 e. The van der Waals surface area contributed by atoms with Gasteiger partial charge in [-0.3, -0.25) is 4.79 Å². The normalized spacial score (nSPS) is 49.6. The SMILES string of the molecule is CC.CC1=C2CC3C(CC[C@H]4CNC(=O)C=CC34C)C2(C)CCC2(C1)OC1CCCNC1C2C. The lowest BCUT2D eigenvalue weighted by atomic mass is 9.55. The van der Waals surface area contributed by atoms with Crippen molar-refractivity contribution in [2.45, 2.75) is 111 Å². The third kappa shape index (κ3) is 3.49. The predicted octanol–water partition coefficient (Wildman–Crippen LogP) is 5.78. The summed E-state index contributed by atoms with van der Waals surface area (Å²) in [6.07, 6.45) is 14.3. The molecule has 8 unspecified atom stereocenters. The van der Waals surface area contributed by atoms with Gasteiger partial charge >= 0.3 is 0 Å². The molecule has 9 atom stereocenters. The molecular weight excluding hydrogens is 420 g/mol. The third-order valence-corrected chi connectivity index (χ3v) is 11.4. The van der Waals surface area contributed by atoms with E-state index in [1.807, 2.05) is 19.9 Å². The van der Waals surface area contributed by atoms with E-state index in [0.717, 1.165) is 25.4 Å². The van der Waals surface area contributed by atoms with Crippen LogP contribution in [0.3, 0.4) is 0 Å². The van der Waals surface area contributed by atoms with Crippen molar-refractivity contribution in [3.05, 3.63) is 23.3 Å². The number of hydrogen-bond acceptors (Lipinski definition) is 3. The van der Waals surface area contributed by atoms with Gasteiger partial charge in [-0.1, -0.05) is 51.8 Å². The second-order valence-corrected chi connectivity index (χ2v) is 12.6. The Balaban J connectivity index is 0.00000117. The van der Waals surface area contributed by atoms with Crippen molar-refractivity contribution in [3.63, 3.8) is 0 Å². The molecule has 0 aromatic rings. The number of fused-ring (bicyclic) bond motifs is 6. The van der Waals surface area contributed by atoms with Gasteiger partial charge in [0.2, 0.25) is 5.91 Å². The average Bonchev–Trinajstić information content (AvgIpc) is 3.19. The summed E-state index contributed by atoms with van der Waals surface area (Å²) in [5.74, 6) is 2.61. The molecule has 6 aliphatic rings. The number of piperidine rings is 1. The van der Waals surface area contributed by atoms with Gasteiger partial charge in [0.05, 0.1) is 11.7 Å². The number of carbonyl (C=O) groups excluding carboxylic acids is 1. The first-order valence-electron chi connectivity index (χ1n) is 14.3. The summed E-state index contributed by atoms with van der Waals surface area (Å²) in [7, 11) is 0. The maximum atomic E-state index is 12.1. The van der Waals surface area contributed by atoms with Crippen LogP contribution in [0.25, 0.3) is 0 Å². The van der Waals surface area contributed by atoms with Crippen molar-refractivity contribution in [1.29, 1.82) is 0 Å². The zero-order chi connectivity index (χ0) is 24.3. The number of rotatable bonds is 0. The summed E-state index contributed by atoms with van der Waals surface area (Å²) in [5, 5.41) is 6.95. The molecule has 6 rings (SSSR count). The topological polar surface area (TPSA) is 50.4 Å². The molecule has 0 radical (unpaired) electrons. The van der Waals surface area contributed by atoms with Crippen LogP contribution in [0.1, 0.15) is 92.9 Å². The molecule has 0 aromatic heterocycles. The van der Waals surface area contributed by atoms with E-state index in [2.05, 4.69) is 44.4 Å². The highest BCUT2D eigenvalue weighted by molar-refractivity contribution is 5.87.